The molecular weight excluding hydrogens is 675 g/mol. The van der Waals surface area contributed by atoms with Gasteiger partial charge in [0.2, 0.25) is 5.89 Å². The van der Waals surface area contributed by atoms with Gasteiger partial charge in [0.1, 0.15) is 16.7 Å². The molecule has 11 aromatic rings. The van der Waals surface area contributed by atoms with Crippen molar-refractivity contribution in [2.75, 3.05) is 4.90 Å². The Morgan fingerprint density at radius 2 is 1.24 bits per heavy atom. The molecule has 0 amide bonds. The number of fused-ring (bicyclic) bond motifs is 8. The molecule has 8 aromatic carbocycles. The SMILES string of the molecule is c1ccc(-c2nc3cc4c(cc3o2)oc2cc(N(c3ccccc3-c3ccccc3)c3c5c(cc6c3c3ccccc3n6-c3ccccc3)C5)ccc24)cc1. The standard InChI is InChI=1S/C50H31N3O2/c1-4-14-31(15-5-1)36-20-10-12-22-42(36)53(49-39-26-33(39)27-44-48(49)38-21-11-13-23-43(38)52(44)34-18-8-3-9-19-34)35-24-25-37-40-29-41-47(30-46(40)54-45(37)28-35)55-50(51-41)32-16-6-2-7-17-32/h1-25,27-30H,26H2. The molecule has 3 aromatic heterocycles. The number of hydrogen-bond donors (Lipinski definition) is 0. The lowest BCUT2D eigenvalue weighted by molar-refractivity contribution is 0.617. The van der Waals surface area contributed by atoms with Crippen molar-refractivity contribution in [3.05, 3.63) is 187 Å². The van der Waals surface area contributed by atoms with Crippen molar-refractivity contribution in [3.63, 3.8) is 0 Å². The van der Waals surface area contributed by atoms with Gasteiger partial charge < -0.3 is 18.3 Å². The fourth-order valence-electron chi connectivity index (χ4n) is 8.53. The van der Waals surface area contributed by atoms with Crippen LogP contribution in [0.3, 0.4) is 0 Å². The average molecular weight is 706 g/mol. The molecule has 0 spiro atoms. The van der Waals surface area contributed by atoms with E-state index in [1.54, 1.807) is 0 Å². The van der Waals surface area contributed by atoms with Gasteiger partial charge in [-0.15, -0.1) is 0 Å². The minimum Gasteiger partial charge on any atom is -0.456 e. The maximum absolute atomic E-state index is 6.70. The van der Waals surface area contributed by atoms with E-state index in [4.69, 9.17) is 13.8 Å². The highest BCUT2D eigenvalue weighted by Gasteiger charge is 2.33. The van der Waals surface area contributed by atoms with Crippen LogP contribution in [0.5, 0.6) is 0 Å². The molecule has 0 N–H and O–H groups in total. The van der Waals surface area contributed by atoms with E-state index >= 15 is 0 Å². The average Bonchev–Trinajstić information content (AvgIpc) is 3.59. The normalized spacial score (nSPS) is 12.3. The maximum atomic E-state index is 6.70. The number of nitrogens with zero attached hydrogens (tertiary/aromatic N) is 3. The Balaban J connectivity index is 1.12. The summed E-state index contributed by atoms with van der Waals surface area (Å²) in [5.74, 6) is 0.603. The van der Waals surface area contributed by atoms with Gasteiger partial charge in [-0.3, -0.25) is 0 Å². The summed E-state index contributed by atoms with van der Waals surface area (Å²) < 4.78 is 15.4. The number of furan rings is 1. The minimum absolute atomic E-state index is 0.603. The Hall–Kier alpha value is -7.37. The highest BCUT2D eigenvalue weighted by Crippen LogP contribution is 2.53. The molecule has 258 valence electrons. The summed E-state index contributed by atoms with van der Waals surface area (Å²) in [4.78, 5) is 7.33. The largest absolute Gasteiger partial charge is 0.456 e. The number of rotatable bonds is 6. The molecule has 0 saturated carbocycles. The minimum atomic E-state index is 0.603. The van der Waals surface area contributed by atoms with Crippen molar-refractivity contribution in [1.82, 2.24) is 9.55 Å². The molecule has 3 heterocycles. The summed E-state index contributed by atoms with van der Waals surface area (Å²) in [6.45, 7) is 0. The van der Waals surface area contributed by atoms with Crippen molar-refractivity contribution in [1.29, 1.82) is 0 Å². The number of para-hydroxylation sites is 3. The number of benzene rings is 8. The summed E-state index contributed by atoms with van der Waals surface area (Å²) in [6.07, 6.45) is 0.945. The quantitative estimate of drug-likeness (QED) is 0.173. The summed E-state index contributed by atoms with van der Waals surface area (Å²) in [5, 5.41) is 4.52. The van der Waals surface area contributed by atoms with Gasteiger partial charge in [-0.2, -0.15) is 0 Å². The first kappa shape index (κ1) is 30.1. The van der Waals surface area contributed by atoms with Crippen LogP contribution in [0.15, 0.2) is 185 Å². The second-order valence-electron chi connectivity index (χ2n) is 14.3. The third-order valence-electron chi connectivity index (χ3n) is 11.1. The third-order valence-corrected chi connectivity index (χ3v) is 11.1. The van der Waals surface area contributed by atoms with Crippen LogP contribution in [-0.2, 0) is 6.42 Å². The fourth-order valence-corrected chi connectivity index (χ4v) is 8.53. The van der Waals surface area contributed by atoms with E-state index in [1.807, 2.05) is 36.4 Å². The van der Waals surface area contributed by atoms with Crippen molar-refractivity contribution >= 4 is 71.9 Å². The van der Waals surface area contributed by atoms with E-state index in [1.165, 1.54) is 38.6 Å². The summed E-state index contributed by atoms with van der Waals surface area (Å²) in [5.41, 5.74) is 16.0. The zero-order valence-corrected chi connectivity index (χ0v) is 29.6. The number of anilines is 3. The molecule has 0 aliphatic heterocycles. The smallest absolute Gasteiger partial charge is 0.227 e. The first-order chi connectivity index (χ1) is 27.3. The molecule has 5 heteroatoms. The van der Waals surface area contributed by atoms with Gasteiger partial charge in [0.25, 0.3) is 0 Å². The van der Waals surface area contributed by atoms with Gasteiger partial charge >= 0.3 is 0 Å². The van der Waals surface area contributed by atoms with Gasteiger partial charge in [0.05, 0.1) is 22.4 Å². The number of oxazole rings is 1. The molecule has 0 saturated heterocycles. The van der Waals surface area contributed by atoms with Gasteiger partial charge in [-0.25, -0.2) is 4.98 Å². The first-order valence-corrected chi connectivity index (χ1v) is 18.7. The van der Waals surface area contributed by atoms with Gasteiger partial charge in [-0.1, -0.05) is 103 Å². The van der Waals surface area contributed by atoms with Crippen LogP contribution in [0.4, 0.5) is 17.1 Å². The van der Waals surface area contributed by atoms with E-state index in [9.17, 15) is 0 Å². The Labute approximate surface area is 315 Å². The van der Waals surface area contributed by atoms with E-state index in [0.717, 1.165) is 67.6 Å². The molecule has 0 atom stereocenters. The van der Waals surface area contributed by atoms with Crippen LogP contribution in [0.1, 0.15) is 11.1 Å². The zero-order valence-electron chi connectivity index (χ0n) is 29.6. The molecule has 0 fully saturated rings. The topological polar surface area (TPSA) is 47.3 Å². The second-order valence-corrected chi connectivity index (χ2v) is 14.3. The molecule has 1 aliphatic rings. The molecule has 0 unspecified atom stereocenters. The highest BCUT2D eigenvalue weighted by molar-refractivity contribution is 6.19. The van der Waals surface area contributed by atoms with Crippen molar-refractivity contribution < 1.29 is 8.83 Å². The predicted molar refractivity (Wildman–Crippen MR) is 224 cm³/mol. The van der Waals surface area contributed by atoms with Crippen LogP contribution in [0.2, 0.25) is 0 Å². The zero-order chi connectivity index (χ0) is 36.0. The van der Waals surface area contributed by atoms with Gasteiger partial charge in [0, 0.05) is 62.6 Å². The van der Waals surface area contributed by atoms with Crippen molar-refractivity contribution in [2.24, 2.45) is 0 Å². The van der Waals surface area contributed by atoms with Crippen LogP contribution in [0, 0.1) is 0 Å². The van der Waals surface area contributed by atoms with Crippen LogP contribution < -0.4 is 4.90 Å². The molecular formula is C50H31N3O2. The summed E-state index contributed by atoms with van der Waals surface area (Å²) >= 11 is 0. The molecule has 5 nitrogen and oxygen atoms in total. The fraction of sp³-hybridized carbons (Fsp3) is 0.0200. The summed E-state index contributed by atoms with van der Waals surface area (Å²) in [6, 6.07) is 62.1. The third kappa shape index (κ3) is 4.63. The molecule has 0 radical (unpaired) electrons. The van der Waals surface area contributed by atoms with E-state index < -0.39 is 0 Å². The molecule has 1 aliphatic carbocycles. The van der Waals surface area contributed by atoms with Crippen molar-refractivity contribution in [3.8, 4) is 28.3 Å². The van der Waals surface area contributed by atoms with Gasteiger partial charge in [-0.05, 0) is 77.4 Å². The monoisotopic (exact) mass is 705 g/mol. The first-order valence-electron chi connectivity index (χ1n) is 18.7. The van der Waals surface area contributed by atoms with Gasteiger partial charge in [0.15, 0.2) is 5.58 Å². The van der Waals surface area contributed by atoms with Crippen LogP contribution >= 0.6 is 0 Å². The maximum Gasteiger partial charge on any atom is 0.227 e. The molecule has 0 bridgehead atoms. The predicted octanol–water partition coefficient (Wildman–Crippen LogP) is 13.5. The molecule has 12 rings (SSSR count). The Morgan fingerprint density at radius 1 is 0.527 bits per heavy atom. The Morgan fingerprint density at radius 3 is 2.07 bits per heavy atom. The van der Waals surface area contributed by atoms with Crippen LogP contribution in [0.25, 0.3) is 83.1 Å². The van der Waals surface area contributed by atoms with Crippen LogP contribution in [-0.4, -0.2) is 9.55 Å². The lowest BCUT2D eigenvalue weighted by Gasteiger charge is -2.29. The van der Waals surface area contributed by atoms with E-state index in [2.05, 4.69) is 149 Å². The summed E-state index contributed by atoms with van der Waals surface area (Å²) in [7, 11) is 0. The Kier molecular flexibility index (Phi) is 6.33. The van der Waals surface area contributed by atoms with E-state index in [0.29, 0.717) is 11.5 Å². The lowest BCUT2D eigenvalue weighted by Crippen LogP contribution is -2.12. The number of aromatic nitrogens is 2. The number of hydrogen-bond acceptors (Lipinski definition) is 4. The Bertz CT molecular complexity index is 3280. The van der Waals surface area contributed by atoms with Crippen molar-refractivity contribution in [2.45, 2.75) is 6.42 Å². The highest BCUT2D eigenvalue weighted by atomic mass is 16.4. The van der Waals surface area contributed by atoms with E-state index in [-0.39, 0.29) is 0 Å². The lowest BCUT2D eigenvalue weighted by atomic mass is 10.0. The molecule has 55 heavy (non-hydrogen) atoms. The second kappa shape index (κ2) is 11.6.